The first-order chi connectivity index (χ1) is 12.4. The number of ether oxygens (including phenoxy) is 2. The van der Waals surface area contributed by atoms with Crippen LogP contribution in [0.5, 0.6) is 0 Å². The molecule has 2 N–H and O–H groups in total. The molecule has 1 heterocycles. The van der Waals surface area contributed by atoms with Crippen molar-refractivity contribution in [3.8, 4) is 11.4 Å². The first kappa shape index (κ1) is 19.9. The van der Waals surface area contributed by atoms with Crippen molar-refractivity contribution >= 4 is 6.09 Å². The van der Waals surface area contributed by atoms with Gasteiger partial charge in [0.25, 0.3) is 0 Å². The fourth-order valence-corrected chi connectivity index (χ4v) is 2.24. The first-order valence-electron chi connectivity index (χ1n) is 8.59. The molecule has 1 amide bonds. The van der Waals surface area contributed by atoms with Crippen LogP contribution in [-0.2, 0) is 22.4 Å². The van der Waals surface area contributed by atoms with Crippen LogP contribution < -0.4 is 10.9 Å². The van der Waals surface area contributed by atoms with Crippen molar-refractivity contribution in [2.75, 3.05) is 20.3 Å². The van der Waals surface area contributed by atoms with E-state index in [1.54, 1.807) is 7.11 Å². The van der Waals surface area contributed by atoms with E-state index >= 15 is 0 Å². The van der Waals surface area contributed by atoms with Crippen LogP contribution in [-0.4, -0.2) is 46.7 Å². The Morgan fingerprint density at radius 2 is 1.96 bits per heavy atom. The summed E-state index contributed by atoms with van der Waals surface area (Å²) in [6, 6.07) is 9.82. The van der Waals surface area contributed by atoms with E-state index in [4.69, 9.17) is 9.47 Å². The van der Waals surface area contributed by atoms with Gasteiger partial charge in [-0.05, 0) is 20.8 Å². The lowest BCUT2D eigenvalue weighted by molar-refractivity contribution is 0.0498. The smallest absolute Gasteiger partial charge is 0.422 e. The predicted molar refractivity (Wildman–Crippen MR) is 98.4 cm³/mol. The summed E-state index contributed by atoms with van der Waals surface area (Å²) < 4.78 is 12.1. The topological polar surface area (TPSA) is 90.3 Å². The number of rotatable bonds is 8. The standard InChI is InChI=1S/C18H27N5O3/c1-18(2,3)26-17(24)21-19-11-10-15-20-16(14-8-6-5-7-9-14)22-23(15)12-13-25-4/h5-9,19H,10-13H2,1-4H3,(H,21,24). The molecule has 142 valence electrons. The molecule has 26 heavy (non-hydrogen) atoms. The van der Waals surface area contributed by atoms with Gasteiger partial charge in [0.2, 0.25) is 0 Å². The van der Waals surface area contributed by atoms with Gasteiger partial charge >= 0.3 is 6.09 Å². The van der Waals surface area contributed by atoms with E-state index in [0.29, 0.717) is 31.9 Å². The normalized spacial score (nSPS) is 11.4. The van der Waals surface area contributed by atoms with E-state index in [2.05, 4.69) is 20.9 Å². The Balaban J connectivity index is 1.94. The lowest BCUT2D eigenvalue weighted by Gasteiger charge is -2.19. The summed E-state index contributed by atoms with van der Waals surface area (Å²) in [4.78, 5) is 16.2. The third-order valence-electron chi connectivity index (χ3n) is 3.35. The number of benzene rings is 1. The average molecular weight is 361 g/mol. The van der Waals surface area contributed by atoms with Crippen LogP contribution >= 0.6 is 0 Å². The lowest BCUT2D eigenvalue weighted by Crippen LogP contribution is -2.42. The molecule has 0 unspecified atom stereocenters. The molecule has 0 spiro atoms. The molecule has 0 bridgehead atoms. The number of nitrogens with zero attached hydrogens (tertiary/aromatic N) is 3. The van der Waals surface area contributed by atoms with Gasteiger partial charge in [0, 0.05) is 25.6 Å². The summed E-state index contributed by atoms with van der Waals surface area (Å²) >= 11 is 0. The van der Waals surface area contributed by atoms with Gasteiger partial charge < -0.3 is 9.47 Å². The highest BCUT2D eigenvalue weighted by molar-refractivity contribution is 5.66. The fraction of sp³-hybridized carbons (Fsp3) is 0.500. The van der Waals surface area contributed by atoms with E-state index in [1.807, 2.05) is 55.8 Å². The minimum atomic E-state index is -0.531. The van der Waals surface area contributed by atoms with Crippen molar-refractivity contribution in [3.05, 3.63) is 36.2 Å². The van der Waals surface area contributed by atoms with Crippen molar-refractivity contribution in [2.24, 2.45) is 0 Å². The SMILES string of the molecule is COCCn1nc(-c2ccccc2)nc1CCNNC(=O)OC(C)(C)C. The molecule has 1 aromatic heterocycles. The number of nitrogens with one attached hydrogen (secondary N) is 2. The average Bonchev–Trinajstić information content (AvgIpc) is 2.99. The molecule has 0 aliphatic rings. The van der Waals surface area contributed by atoms with Crippen LogP contribution in [0.25, 0.3) is 11.4 Å². The minimum absolute atomic E-state index is 0.499. The number of methoxy groups -OCH3 is 1. The molecule has 8 heteroatoms. The van der Waals surface area contributed by atoms with Gasteiger partial charge in [-0.25, -0.2) is 19.9 Å². The van der Waals surface area contributed by atoms with Crippen molar-refractivity contribution in [1.82, 2.24) is 25.6 Å². The summed E-state index contributed by atoms with van der Waals surface area (Å²) in [5.74, 6) is 1.50. The maximum absolute atomic E-state index is 11.6. The molecule has 2 rings (SSSR count). The van der Waals surface area contributed by atoms with Crippen molar-refractivity contribution in [3.63, 3.8) is 0 Å². The van der Waals surface area contributed by atoms with E-state index in [9.17, 15) is 4.79 Å². The Hall–Kier alpha value is -2.45. The first-order valence-corrected chi connectivity index (χ1v) is 8.59. The molecular weight excluding hydrogens is 334 g/mol. The second-order valence-electron chi connectivity index (χ2n) is 6.74. The Bertz CT molecular complexity index is 695. The molecule has 0 aliphatic heterocycles. The molecule has 1 aromatic carbocycles. The van der Waals surface area contributed by atoms with Crippen LogP contribution in [0.3, 0.4) is 0 Å². The van der Waals surface area contributed by atoms with E-state index in [0.717, 1.165) is 11.4 Å². The van der Waals surface area contributed by atoms with Crippen LogP contribution in [0.4, 0.5) is 4.79 Å². The third-order valence-corrected chi connectivity index (χ3v) is 3.35. The highest BCUT2D eigenvalue weighted by atomic mass is 16.6. The highest BCUT2D eigenvalue weighted by Gasteiger charge is 2.16. The Morgan fingerprint density at radius 1 is 1.23 bits per heavy atom. The van der Waals surface area contributed by atoms with Crippen molar-refractivity contribution in [1.29, 1.82) is 0 Å². The number of hydrazine groups is 1. The molecule has 0 saturated heterocycles. The van der Waals surface area contributed by atoms with Crippen LogP contribution in [0.15, 0.2) is 30.3 Å². The summed E-state index contributed by atoms with van der Waals surface area (Å²) in [6.07, 6.45) is 0.0858. The molecular formula is C18H27N5O3. The van der Waals surface area contributed by atoms with Crippen molar-refractivity contribution < 1.29 is 14.3 Å². The van der Waals surface area contributed by atoms with Gasteiger partial charge in [-0.3, -0.25) is 5.43 Å². The number of hydrogen-bond acceptors (Lipinski definition) is 6. The summed E-state index contributed by atoms with van der Waals surface area (Å²) in [7, 11) is 1.65. The molecule has 8 nitrogen and oxygen atoms in total. The molecule has 0 fully saturated rings. The van der Waals surface area contributed by atoms with Gasteiger partial charge in [-0.1, -0.05) is 30.3 Å². The third kappa shape index (κ3) is 6.45. The van der Waals surface area contributed by atoms with Gasteiger partial charge in [-0.15, -0.1) is 0 Å². The second kappa shape index (κ2) is 9.30. The molecule has 0 aliphatic carbocycles. The van der Waals surface area contributed by atoms with Crippen molar-refractivity contribution in [2.45, 2.75) is 39.3 Å². The summed E-state index contributed by atoms with van der Waals surface area (Å²) in [6.45, 7) is 7.11. The molecule has 0 saturated carbocycles. The van der Waals surface area contributed by atoms with E-state index in [-0.39, 0.29) is 0 Å². The number of carbonyl (C=O) groups is 1. The van der Waals surface area contributed by atoms with Crippen LogP contribution in [0.1, 0.15) is 26.6 Å². The molecule has 2 aromatic rings. The zero-order valence-corrected chi connectivity index (χ0v) is 15.8. The van der Waals surface area contributed by atoms with Gasteiger partial charge in [0.15, 0.2) is 5.82 Å². The zero-order valence-electron chi connectivity index (χ0n) is 15.8. The Kier molecular flexibility index (Phi) is 7.11. The fourth-order valence-electron chi connectivity index (χ4n) is 2.24. The lowest BCUT2D eigenvalue weighted by atomic mass is 10.2. The van der Waals surface area contributed by atoms with Crippen LogP contribution in [0.2, 0.25) is 0 Å². The maximum atomic E-state index is 11.6. The summed E-state index contributed by atoms with van der Waals surface area (Å²) in [5, 5.41) is 4.57. The number of carbonyl (C=O) groups excluding carboxylic acids is 1. The van der Waals surface area contributed by atoms with Crippen LogP contribution in [0, 0.1) is 0 Å². The zero-order chi connectivity index (χ0) is 19.0. The highest BCUT2D eigenvalue weighted by Crippen LogP contribution is 2.15. The van der Waals surface area contributed by atoms with E-state index < -0.39 is 11.7 Å². The molecule has 0 radical (unpaired) electrons. The molecule has 0 atom stereocenters. The maximum Gasteiger partial charge on any atom is 0.422 e. The monoisotopic (exact) mass is 361 g/mol. The Labute approximate surface area is 153 Å². The number of aromatic nitrogens is 3. The van der Waals surface area contributed by atoms with E-state index in [1.165, 1.54) is 0 Å². The number of amides is 1. The Morgan fingerprint density at radius 3 is 2.62 bits per heavy atom. The minimum Gasteiger partial charge on any atom is -0.443 e. The van der Waals surface area contributed by atoms with Gasteiger partial charge in [-0.2, -0.15) is 5.10 Å². The predicted octanol–water partition coefficient (Wildman–Crippen LogP) is 2.16. The largest absolute Gasteiger partial charge is 0.443 e. The van der Waals surface area contributed by atoms with Gasteiger partial charge in [0.1, 0.15) is 11.4 Å². The number of hydrogen-bond donors (Lipinski definition) is 2. The summed E-state index contributed by atoms with van der Waals surface area (Å²) in [5.41, 5.74) is 5.80. The second-order valence-corrected chi connectivity index (χ2v) is 6.74. The van der Waals surface area contributed by atoms with Gasteiger partial charge in [0.05, 0.1) is 13.2 Å². The quantitative estimate of drug-likeness (QED) is 0.553.